The van der Waals surface area contributed by atoms with Crippen molar-refractivity contribution in [3.63, 3.8) is 0 Å². The number of halogens is 1. The molecule has 1 amide bonds. The number of aryl methyl sites for hydroxylation is 2. The third kappa shape index (κ3) is 6.76. The summed E-state index contributed by atoms with van der Waals surface area (Å²) < 4.78 is 10.5. The summed E-state index contributed by atoms with van der Waals surface area (Å²) in [4.78, 5) is 23.5. The molecule has 1 N–H and O–H groups in total. The first-order valence-corrected chi connectivity index (χ1v) is 8.73. The van der Waals surface area contributed by atoms with E-state index in [1.54, 1.807) is 18.2 Å². The minimum absolute atomic E-state index is 0.185. The van der Waals surface area contributed by atoms with Gasteiger partial charge in [0.2, 0.25) is 0 Å². The molecular formula is C20H22ClNO4. The maximum atomic E-state index is 11.8. The molecule has 0 aliphatic carbocycles. The van der Waals surface area contributed by atoms with E-state index in [9.17, 15) is 9.59 Å². The number of esters is 1. The first kappa shape index (κ1) is 19.8. The number of hydrogen-bond acceptors (Lipinski definition) is 4. The zero-order valence-electron chi connectivity index (χ0n) is 14.9. The van der Waals surface area contributed by atoms with Gasteiger partial charge in [-0.1, -0.05) is 23.7 Å². The Kier molecular flexibility index (Phi) is 7.48. The third-order valence-electron chi connectivity index (χ3n) is 3.59. The Bertz CT molecular complexity index is 776. The fraction of sp³-hybridized carbons (Fsp3) is 0.300. The van der Waals surface area contributed by atoms with Gasteiger partial charge in [0.05, 0.1) is 6.61 Å². The van der Waals surface area contributed by atoms with Crippen LogP contribution in [0.15, 0.2) is 42.5 Å². The quantitative estimate of drug-likeness (QED) is 0.552. The van der Waals surface area contributed by atoms with E-state index in [2.05, 4.69) is 5.32 Å². The monoisotopic (exact) mass is 375 g/mol. The molecule has 0 unspecified atom stereocenters. The van der Waals surface area contributed by atoms with E-state index in [1.165, 1.54) is 0 Å². The summed E-state index contributed by atoms with van der Waals surface area (Å²) in [7, 11) is 0. The fourth-order valence-electron chi connectivity index (χ4n) is 2.25. The highest BCUT2D eigenvalue weighted by atomic mass is 35.5. The van der Waals surface area contributed by atoms with Gasteiger partial charge in [-0.3, -0.25) is 9.59 Å². The lowest BCUT2D eigenvalue weighted by atomic mass is 10.2. The normalized spacial score (nSPS) is 10.3. The molecule has 0 bridgehead atoms. The number of nitrogens with one attached hydrogen (secondary N) is 1. The number of carbonyl (C=O) groups excluding carboxylic acids is 2. The maximum Gasteiger partial charge on any atom is 0.306 e. The topological polar surface area (TPSA) is 64.6 Å². The summed E-state index contributed by atoms with van der Waals surface area (Å²) in [6, 6.07) is 12.8. The molecule has 0 aliphatic rings. The SMILES string of the molecule is Cc1cccc(NC(=O)COC(=O)CCCOc2ccc(Cl)c(C)c2)c1. The van der Waals surface area contributed by atoms with Crippen molar-refractivity contribution in [1.82, 2.24) is 0 Å². The number of rotatable bonds is 8. The van der Waals surface area contributed by atoms with Gasteiger partial charge < -0.3 is 14.8 Å². The van der Waals surface area contributed by atoms with Crippen LogP contribution in [0, 0.1) is 13.8 Å². The lowest BCUT2D eigenvalue weighted by molar-refractivity contribution is -0.147. The largest absolute Gasteiger partial charge is 0.494 e. The molecule has 0 heterocycles. The van der Waals surface area contributed by atoms with Crippen molar-refractivity contribution in [2.45, 2.75) is 26.7 Å². The summed E-state index contributed by atoms with van der Waals surface area (Å²) in [6.45, 7) is 3.91. The van der Waals surface area contributed by atoms with E-state index >= 15 is 0 Å². The van der Waals surface area contributed by atoms with E-state index in [4.69, 9.17) is 21.1 Å². The van der Waals surface area contributed by atoms with Crippen LogP contribution in [-0.2, 0) is 14.3 Å². The van der Waals surface area contributed by atoms with Gasteiger partial charge in [0, 0.05) is 17.1 Å². The summed E-state index contributed by atoms with van der Waals surface area (Å²) >= 11 is 5.95. The molecule has 2 aromatic rings. The second-order valence-electron chi connectivity index (χ2n) is 5.94. The van der Waals surface area contributed by atoms with Crippen LogP contribution in [0.1, 0.15) is 24.0 Å². The fourth-order valence-corrected chi connectivity index (χ4v) is 2.37. The van der Waals surface area contributed by atoms with Crippen molar-refractivity contribution in [3.8, 4) is 5.75 Å². The van der Waals surface area contributed by atoms with Crippen molar-refractivity contribution < 1.29 is 19.1 Å². The zero-order valence-corrected chi connectivity index (χ0v) is 15.6. The van der Waals surface area contributed by atoms with E-state index in [0.29, 0.717) is 29.5 Å². The van der Waals surface area contributed by atoms with Crippen molar-refractivity contribution in [1.29, 1.82) is 0 Å². The van der Waals surface area contributed by atoms with Crippen molar-refractivity contribution in [2.75, 3.05) is 18.5 Å². The van der Waals surface area contributed by atoms with Crippen LogP contribution in [0.5, 0.6) is 5.75 Å². The Labute approximate surface area is 158 Å². The molecule has 0 radical (unpaired) electrons. The molecular weight excluding hydrogens is 354 g/mol. The lowest BCUT2D eigenvalue weighted by Gasteiger charge is -2.08. The minimum atomic E-state index is -0.430. The van der Waals surface area contributed by atoms with Gasteiger partial charge in [-0.25, -0.2) is 0 Å². The van der Waals surface area contributed by atoms with E-state index < -0.39 is 5.97 Å². The Morgan fingerprint density at radius 1 is 1.12 bits per heavy atom. The van der Waals surface area contributed by atoms with Crippen molar-refractivity contribution in [3.05, 3.63) is 58.6 Å². The smallest absolute Gasteiger partial charge is 0.306 e. The molecule has 0 saturated carbocycles. The van der Waals surface area contributed by atoms with Gasteiger partial charge in [-0.15, -0.1) is 0 Å². The molecule has 0 aromatic heterocycles. The van der Waals surface area contributed by atoms with Gasteiger partial charge in [0.15, 0.2) is 6.61 Å². The van der Waals surface area contributed by atoms with E-state index in [0.717, 1.165) is 11.1 Å². The highest BCUT2D eigenvalue weighted by Gasteiger charge is 2.08. The lowest BCUT2D eigenvalue weighted by Crippen LogP contribution is -2.21. The minimum Gasteiger partial charge on any atom is -0.494 e. The van der Waals surface area contributed by atoms with Crippen LogP contribution in [0.2, 0.25) is 5.02 Å². The number of benzene rings is 2. The maximum absolute atomic E-state index is 11.8. The molecule has 26 heavy (non-hydrogen) atoms. The Morgan fingerprint density at radius 2 is 1.92 bits per heavy atom. The van der Waals surface area contributed by atoms with E-state index in [-0.39, 0.29) is 18.9 Å². The molecule has 0 fully saturated rings. The van der Waals surface area contributed by atoms with Crippen LogP contribution in [0.4, 0.5) is 5.69 Å². The molecule has 0 atom stereocenters. The molecule has 0 spiro atoms. The number of hydrogen-bond donors (Lipinski definition) is 1. The summed E-state index contributed by atoms with van der Waals surface area (Å²) in [6.07, 6.45) is 0.685. The molecule has 6 heteroatoms. The summed E-state index contributed by atoms with van der Waals surface area (Å²) in [5.41, 5.74) is 2.65. The predicted octanol–water partition coefficient (Wildman–Crippen LogP) is 4.30. The molecule has 0 saturated heterocycles. The Hall–Kier alpha value is -2.53. The van der Waals surface area contributed by atoms with Gasteiger partial charge >= 0.3 is 5.97 Å². The Balaban J connectivity index is 1.62. The highest BCUT2D eigenvalue weighted by molar-refractivity contribution is 6.31. The van der Waals surface area contributed by atoms with Gasteiger partial charge in [-0.05, 0) is 61.7 Å². The van der Waals surface area contributed by atoms with Gasteiger partial charge in [-0.2, -0.15) is 0 Å². The first-order valence-electron chi connectivity index (χ1n) is 8.35. The Morgan fingerprint density at radius 3 is 2.65 bits per heavy atom. The second kappa shape index (κ2) is 9.82. The molecule has 2 aromatic carbocycles. The number of amides is 1. The average molecular weight is 376 g/mol. The molecule has 5 nitrogen and oxygen atoms in total. The number of ether oxygens (including phenoxy) is 2. The predicted molar refractivity (Wildman–Crippen MR) is 102 cm³/mol. The summed E-state index contributed by atoms with van der Waals surface area (Å²) in [5.74, 6) is -0.0880. The van der Waals surface area contributed by atoms with Crippen molar-refractivity contribution in [2.24, 2.45) is 0 Å². The third-order valence-corrected chi connectivity index (χ3v) is 4.01. The standard InChI is InChI=1S/C20H22ClNO4/c1-14-5-3-6-16(11-14)22-19(23)13-26-20(24)7-4-10-25-17-8-9-18(21)15(2)12-17/h3,5-6,8-9,11-12H,4,7,10,13H2,1-2H3,(H,22,23). The van der Waals surface area contributed by atoms with Crippen LogP contribution in [0.25, 0.3) is 0 Å². The number of anilines is 1. The second-order valence-corrected chi connectivity index (χ2v) is 6.35. The zero-order chi connectivity index (χ0) is 18.9. The average Bonchev–Trinajstić information content (AvgIpc) is 2.60. The highest BCUT2D eigenvalue weighted by Crippen LogP contribution is 2.21. The van der Waals surface area contributed by atoms with Crippen LogP contribution < -0.4 is 10.1 Å². The molecule has 0 aliphatic heterocycles. The van der Waals surface area contributed by atoms with Crippen LogP contribution in [-0.4, -0.2) is 25.1 Å². The summed E-state index contributed by atoms with van der Waals surface area (Å²) in [5, 5.41) is 3.37. The van der Waals surface area contributed by atoms with Gasteiger partial charge in [0.1, 0.15) is 5.75 Å². The molecule has 2 rings (SSSR count). The van der Waals surface area contributed by atoms with Crippen LogP contribution in [0.3, 0.4) is 0 Å². The number of carbonyl (C=O) groups is 2. The molecule has 138 valence electrons. The van der Waals surface area contributed by atoms with Crippen LogP contribution >= 0.6 is 11.6 Å². The first-order chi connectivity index (χ1) is 12.4. The van der Waals surface area contributed by atoms with Gasteiger partial charge in [0.25, 0.3) is 5.91 Å². The van der Waals surface area contributed by atoms with Crippen molar-refractivity contribution >= 4 is 29.2 Å². The van der Waals surface area contributed by atoms with E-state index in [1.807, 2.05) is 38.1 Å².